The minimum Gasteiger partial charge on any atom is -0.454 e. The number of allylic oxidation sites excluding steroid dienone is 1. The van der Waals surface area contributed by atoms with E-state index in [1.54, 1.807) is 24.3 Å². The fraction of sp³-hybridized carbons (Fsp3) is 0.167. The molecular formula is C18H15NO6. The molecule has 0 N–H and O–H groups in total. The number of nitro groups is 1. The molecule has 1 aliphatic rings. The van der Waals surface area contributed by atoms with Crippen molar-refractivity contribution in [2.24, 2.45) is 0 Å². The van der Waals surface area contributed by atoms with Crippen LogP contribution in [0.2, 0.25) is 0 Å². The summed E-state index contributed by atoms with van der Waals surface area (Å²) >= 11 is 0. The molecule has 25 heavy (non-hydrogen) atoms. The SMILES string of the molecule is C=CCC(C(=O)Oc1cccc([N+](=O)[O-])c1)c1ccc2c(c1)OCO2. The quantitative estimate of drug-likeness (QED) is 0.262. The van der Waals surface area contributed by atoms with Gasteiger partial charge in [0.2, 0.25) is 6.79 Å². The van der Waals surface area contributed by atoms with Gasteiger partial charge in [0.05, 0.1) is 16.9 Å². The largest absolute Gasteiger partial charge is 0.454 e. The summed E-state index contributed by atoms with van der Waals surface area (Å²) in [4.78, 5) is 22.9. The van der Waals surface area contributed by atoms with Gasteiger partial charge in [-0.25, -0.2) is 0 Å². The third kappa shape index (κ3) is 3.60. The minimum absolute atomic E-state index is 0.119. The number of carbonyl (C=O) groups is 1. The molecule has 0 fully saturated rings. The maximum absolute atomic E-state index is 12.6. The molecule has 7 heteroatoms. The van der Waals surface area contributed by atoms with Gasteiger partial charge in [0, 0.05) is 6.07 Å². The summed E-state index contributed by atoms with van der Waals surface area (Å²) in [6.07, 6.45) is 1.97. The van der Waals surface area contributed by atoms with E-state index in [1.807, 2.05) is 0 Å². The normalized spacial score (nSPS) is 13.1. The first-order valence-electron chi connectivity index (χ1n) is 7.55. The molecule has 7 nitrogen and oxygen atoms in total. The number of benzene rings is 2. The second kappa shape index (κ2) is 7.04. The van der Waals surface area contributed by atoms with Crippen LogP contribution in [-0.4, -0.2) is 17.7 Å². The predicted octanol–water partition coefficient (Wildman–Crippen LogP) is 3.59. The Kier molecular flexibility index (Phi) is 4.65. The van der Waals surface area contributed by atoms with Crippen molar-refractivity contribution < 1.29 is 23.9 Å². The Morgan fingerprint density at radius 3 is 2.84 bits per heavy atom. The smallest absolute Gasteiger partial charge is 0.319 e. The van der Waals surface area contributed by atoms with Gasteiger partial charge in [-0.15, -0.1) is 6.58 Å². The zero-order valence-electron chi connectivity index (χ0n) is 13.2. The molecule has 2 aromatic rings. The molecule has 0 amide bonds. The molecule has 0 spiro atoms. The highest BCUT2D eigenvalue weighted by Crippen LogP contribution is 2.36. The highest BCUT2D eigenvalue weighted by atomic mass is 16.7. The van der Waals surface area contributed by atoms with Crippen molar-refractivity contribution >= 4 is 11.7 Å². The van der Waals surface area contributed by atoms with Crippen LogP contribution in [0.25, 0.3) is 0 Å². The average Bonchev–Trinajstić information content (AvgIpc) is 3.07. The molecule has 1 aliphatic heterocycles. The van der Waals surface area contributed by atoms with Crippen LogP contribution in [0, 0.1) is 10.1 Å². The van der Waals surface area contributed by atoms with E-state index in [1.165, 1.54) is 24.3 Å². The van der Waals surface area contributed by atoms with Crippen LogP contribution >= 0.6 is 0 Å². The molecular weight excluding hydrogens is 326 g/mol. The fourth-order valence-corrected chi connectivity index (χ4v) is 2.51. The van der Waals surface area contributed by atoms with Crippen molar-refractivity contribution in [3.63, 3.8) is 0 Å². The average molecular weight is 341 g/mol. The Morgan fingerprint density at radius 1 is 1.28 bits per heavy atom. The van der Waals surface area contributed by atoms with Crippen LogP contribution in [0.1, 0.15) is 17.9 Å². The molecule has 0 saturated carbocycles. The lowest BCUT2D eigenvalue weighted by Crippen LogP contribution is -2.18. The highest BCUT2D eigenvalue weighted by Gasteiger charge is 2.25. The molecule has 1 heterocycles. The van der Waals surface area contributed by atoms with Gasteiger partial charge in [-0.3, -0.25) is 14.9 Å². The van der Waals surface area contributed by atoms with E-state index in [-0.39, 0.29) is 18.2 Å². The predicted molar refractivity (Wildman–Crippen MR) is 88.9 cm³/mol. The van der Waals surface area contributed by atoms with Gasteiger partial charge in [0.1, 0.15) is 5.75 Å². The third-order valence-electron chi connectivity index (χ3n) is 3.73. The van der Waals surface area contributed by atoms with Crippen LogP contribution in [0.3, 0.4) is 0 Å². The van der Waals surface area contributed by atoms with E-state index in [0.717, 1.165) is 0 Å². The number of esters is 1. The number of hydrogen-bond acceptors (Lipinski definition) is 6. The van der Waals surface area contributed by atoms with E-state index in [2.05, 4.69) is 6.58 Å². The van der Waals surface area contributed by atoms with Gasteiger partial charge in [0.15, 0.2) is 11.5 Å². The zero-order chi connectivity index (χ0) is 17.8. The Morgan fingerprint density at radius 2 is 2.08 bits per heavy atom. The number of nitrogens with zero attached hydrogens (tertiary/aromatic N) is 1. The van der Waals surface area contributed by atoms with Crippen LogP contribution in [0.4, 0.5) is 5.69 Å². The Hall–Kier alpha value is -3.35. The lowest BCUT2D eigenvalue weighted by Gasteiger charge is -2.15. The molecule has 0 bridgehead atoms. The molecule has 0 aromatic heterocycles. The molecule has 1 atom stereocenters. The molecule has 0 radical (unpaired) electrons. The molecule has 0 saturated heterocycles. The number of ether oxygens (including phenoxy) is 3. The summed E-state index contributed by atoms with van der Waals surface area (Å²) in [6.45, 7) is 3.81. The van der Waals surface area contributed by atoms with Crippen molar-refractivity contribution in [3.05, 3.63) is 70.8 Å². The lowest BCUT2D eigenvalue weighted by molar-refractivity contribution is -0.384. The van der Waals surface area contributed by atoms with E-state index < -0.39 is 16.8 Å². The maximum atomic E-state index is 12.6. The van der Waals surface area contributed by atoms with Crippen molar-refractivity contribution in [2.45, 2.75) is 12.3 Å². The second-order valence-corrected chi connectivity index (χ2v) is 5.37. The molecule has 3 rings (SSSR count). The van der Waals surface area contributed by atoms with Crippen molar-refractivity contribution in [1.82, 2.24) is 0 Å². The van der Waals surface area contributed by atoms with Gasteiger partial charge < -0.3 is 14.2 Å². The van der Waals surface area contributed by atoms with Crippen LogP contribution in [0.5, 0.6) is 17.2 Å². The topological polar surface area (TPSA) is 87.9 Å². The Balaban J connectivity index is 1.83. The molecule has 1 unspecified atom stereocenters. The standard InChI is InChI=1S/C18H15NO6/c1-2-4-15(12-7-8-16-17(9-12)24-11-23-16)18(20)25-14-6-3-5-13(10-14)19(21)22/h2-3,5-10,15H,1,4,11H2. The zero-order valence-corrected chi connectivity index (χ0v) is 13.2. The minimum atomic E-state index is -0.605. The van der Waals surface area contributed by atoms with Gasteiger partial charge >= 0.3 is 5.97 Å². The van der Waals surface area contributed by atoms with Crippen LogP contribution in [-0.2, 0) is 4.79 Å². The number of fused-ring (bicyclic) bond motifs is 1. The van der Waals surface area contributed by atoms with E-state index in [0.29, 0.717) is 23.5 Å². The summed E-state index contributed by atoms with van der Waals surface area (Å²) in [5.41, 5.74) is 0.549. The van der Waals surface area contributed by atoms with Crippen molar-refractivity contribution in [3.8, 4) is 17.2 Å². The van der Waals surface area contributed by atoms with Crippen LogP contribution in [0.15, 0.2) is 55.1 Å². The summed E-state index contributed by atoms with van der Waals surface area (Å²) in [5.74, 6) is 0.169. The van der Waals surface area contributed by atoms with Crippen molar-refractivity contribution in [1.29, 1.82) is 0 Å². The van der Waals surface area contributed by atoms with Crippen LogP contribution < -0.4 is 14.2 Å². The second-order valence-electron chi connectivity index (χ2n) is 5.37. The fourth-order valence-electron chi connectivity index (χ4n) is 2.51. The van der Waals surface area contributed by atoms with Gasteiger partial charge in [0.25, 0.3) is 5.69 Å². The first-order valence-corrected chi connectivity index (χ1v) is 7.55. The van der Waals surface area contributed by atoms with Gasteiger partial charge in [-0.1, -0.05) is 18.2 Å². The first-order chi connectivity index (χ1) is 12.1. The summed E-state index contributed by atoms with van der Waals surface area (Å²) in [7, 11) is 0. The Labute approximate surface area is 143 Å². The summed E-state index contributed by atoms with van der Waals surface area (Å²) < 4.78 is 15.9. The van der Waals surface area contributed by atoms with E-state index in [4.69, 9.17) is 14.2 Å². The number of hydrogen-bond donors (Lipinski definition) is 0. The Bertz CT molecular complexity index is 832. The summed E-state index contributed by atoms with van der Waals surface area (Å²) in [6, 6.07) is 10.7. The third-order valence-corrected chi connectivity index (χ3v) is 3.73. The maximum Gasteiger partial charge on any atom is 0.319 e. The van der Waals surface area contributed by atoms with Crippen molar-refractivity contribution in [2.75, 3.05) is 6.79 Å². The molecule has 2 aromatic carbocycles. The first kappa shape index (κ1) is 16.5. The number of non-ortho nitro benzene ring substituents is 1. The molecule has 0 aliphatic carbocycles. The highest BCUT2D eigenvalue weighted by molar-refractivity contribution is 5.81. The number of rotatable bonds is 6. The molecule has 128 valence electrons. The van der Waals surface area contributed by atoms with Gasteiger partial charge in [-0.05, 0) is 30.2 Å². The summed E-state index contributed by atoms with van der Waals surface area (Å²) in [5, 5.41) is 10.8. The van der Waals surface area contributed by atoms with Gasteiger partial charge in [-0.2, -0.15) is 0 Å². The van der Waals surface area contributed by atoms with E-state index >= 15 is 0 Å². The monoisotopic (exact) mass is 341 g/mol. The number of carbonyl (C=O) groups excluding carboxylic acids is 1. The number of nitro benzene ring substituents is 1. The van der Waals surface area contributed by atoms with E-state index in [9.17, 15) is 14.9 Å². The lowest BCUT2D eigenvalue weighted by atomic mass is 9.95.